The van der Waals surface area contributed by atoms with E-state index in [9.17, 15) is 17.6 Å². The van der Waals surface area contributed by atoms with Crippen LogP contribution in [0.5, 0.6) is 0 Å². The molecule has 1 amide bonds. The van der Waals surface area contributed by atoms with Crippen LogP contribution in [0, 0.1) is 19.7 Å². The number of amides is 1. The zero-order valence-electron chi connectivity index (χ0n) is 14.6. The molecule has 1 aromatic carbocycles. The Labute approximate surface area is 159 Å². The first-order valence-electron chi connectivity index (χ1n) is 7.72. The first-order chi connectivity index (χ1) is 12.7. The maximum Gasteiger partial charge on any atom is 0.259 e. The highest BCUT2D eigenvalue weighted by atomic mass is 32.2. The van der Waals surface area contributed by atoms with Gasteiger partial charge >= 0.3 is 0 Å². The number of nitrogens with one attached hydrogen (secondary N) is 2. The van der Waals surface area contributed by atoms with E-state index in [2.05, 4.69) is 20.2 Å². The number of nitrogens with zero attached hydrogens (tertiary/aromatic N) is 3. The van der Waals surface area contributed by atoms with Gasteiger partial charge in [0.05, 0.1) is 17.5 Å². The molecular weight excluding hydrogens is 393 g/mol. The van der Waals surface area contributed by atoms with Crippen LogP contribution in [0.2, 0.25) is 0 Å². The lowest BCUT2D eigenvalue weighted by Crippen LogP contribution is -2.13. The van der Waals surface area contributed by atoms with Crippen LogP contribution in [0.15, 0.2) is 30.3 Å². The van der Waals surface area contributed by atoms with Crippen molar-refractivity contribution in [2.75, 3.05) is 16.3 Å². The molecule has 0 aliphatic carbocycles. The van der Waals surface area contributed by atoms with Gasteiger partial charge < -0.3 is 4.57 Å². The highest BCUT2D eigenvalue weighted by molar-refractivity contribution is 7.92. The van der Waals surface area contributed by atoms with E-state index in [0.29, 0.717) is 22.6 Å². The van der Waals surface area contributed by atoms with Crippen molar-refractivity contribution in [3.05, 3.63) is 53.1 Å². The quantitative estimate of drug-likeness (QED) is 0.674. The Morgan fingerprint density at radius 3 is 2.52 bits per heavy atom. The smallest absolute Gasteiger partial charge is 0.259 e. The van der Waals surface area contributed by atoms with E-state index in [-0.39, 0.29) is 10.3 Å². The van der Waals surface area contributed by atoms with E-state index in [4.69, 9.17) is 0 Å². The van der Waals surface area contributed by atoms with E-state index in [0.717, 1.165) is 17.6 Å². The largest absolute Gasteiger partial charge is 0.315 e. The fraction of sp³-hybridized carbons (Fsp3) is 0.188. The third-order valence-electron chi connectivity index (χ3n) is 3.69. The standard InChI is InChI=1S/C16H16FN5O3S2/c1-9-8-11(10(2)22(9)13-7-5-4-6-12(13)17)14(23)18-15-19-20-16(26-15)21-27(3,24)25/h4-8H,1-3H3,(H,20,21)(H,18,19,23). The molecule has 0 saturated heterocycles. The van der Waals surface area contributed by atoms with Gasteiger partial charge in [-0.2, -0.15) is 0 Å². The number of hydrogen-bond acceptors (Lipinski definition) is 6. The summed E-state index contributed by atoms with van der Waals surface area (Å²) in [7, 11) is -3.48. The zero-order chi connectivity index (χ0) is 19.8. The normalized spacial score (nSPS) is 11.4. The van der Waals surface area contributed by atoms with E-state index in [1.54, 1.807) is 42.7 Å². The number of carbonyl (C=O) groups is 1. The topological polar surface area (TPSA) is 106 Å². The van der Waals surface area contributed by atoms with Crippen molar-refractivity contribution < 1.29 is 17.6 Å². The molecular formula is C16H16FN5O3S2. The van der Waals surface area contributed by atoms with E-state index >= 15 is 0 Å². The lowest BCUT2D eigenvalue weighted by atomic mass is 10.2. The fourth-order valence-electron chi connectivity index (χ4n) is 2.63. The molecule has 0 saturated carbocycles. The summed E-state index contributed by atoms with van der Waals surface area (Å²) in [6.45, 7) is 3.49. The number of carbonyl (C=O) groups excluding carboxylic acids is 1. The molecule has 2 aromatic heterocycles. The van der Waals surface area contributed by atoms with Gasteiger partial charge in [-0.15, -0.1) is 10.2 Å². The average molecular weight is 409 g/mol. The Morgan fingerprint density at radius 1 is 1.19 bits per heavy atom. The Balaban J connectivity index is 1.86. The Kier molecular flexibility index (Phi) is 4.98. The van der Waals surface area contributed by atoms with Crippen LogP contribution in [0.3, 0.4) is 0 Å². The molecule has 8 nitrogen and oxygen atoms in total. The van der Waals surface area contributed by atoms with Gasteiger partial charge in [-0.1, -0.05) is 23.5 Å². The second kappa shape index (κ2) is 7.08. The second-order valence-corrected chi connectivity index (χ2v) is 8.54. The molecule has 2 N–H and O–H groups in total. The van der Waals surface area contributed by atoms with Crippen LogP contribution in [0.1, 0.15) is 21.7 Å². The summed E-state index contributed by atoms with van der Waals surface area (Å²) >= 11 is 0.887. The van der Waals surface area contributed by atoms with Crippen molar-refractivity contribution in [1.29, 1.82) is 0 Å². The van der Waals surface area contributed by atoms with Gasteiger partial charge in [-0.3, -0.25) is 14.8 Å². The summed E-state index contributed by atoms with van der Waals surface area (Å²) in [6.07, 6.45) is 0.990. The van der Waals surface area contributed by atoms with Crippen molar-refractivity contribution in [3.63, 3.8) is 0 Å². The average Bonchev–Trinajstić information content (AvgIpc) is 3.11. The number of sulfonamides is 1. The molecule has 3 rings (SSSR count). The number of aryl methyl sites for hydroxylation is 1. The molecule has 11 heteroatoms. The van der Waals surface area contributed by atoms with Gasteiger partial charge in [0.25, 0.3) is 5.91 Å². The maximum absolute atomic E-state index is 14.1. The number of anilines is 2. The predicted molar refractivity (Wildman–Crippen MR) is 102 cm³/mol. The minimum Gasteiger partial charge on any atom is -0.315 e. The van der Waals surface area contributed by atoms with Crippen molar-refractivity contribution in [2.45, 2.75) is 13.8 Å². The summed E-state index contributed by atoms with van der Waals surface area (Å²) in [4.78, 5) is 12.6. The van der Waals surface area contributed by atoms with E-state index in [1.807, 2.05) is 0 Å². The Morgan fingerprint density at radius 2 is 1.85 bits per heavy atom. The van der Waals surface area contributed by atoms with Crippen molar-refractivity contribution >= 4 is 37.5 Å². The summed E-state index contributed by atoms with van der Waals surface area (Å²) in [5, 5.41) is 10.2. The first kappa shape index (κ1) is 19.0. The zero-order valence-corrected chi connectivity index (χ0v) is 16.3. The predicted octanol–water partition coefficient (Wildman–Crippen LogP) is 2.71. The molecule has 142 valence electrons. The lowest BCUT2D eigenvalue weighted by molar-refractivity contribution is 0.102. The summed E-state index contributed by atoms with van der Waals surface area (Å²) in [5.74, 6) is -0.848. The summed E-state index contributed by atoms with van der Waals surface area (Å²) < 4.78 is 40.4. The lowest BCUT2D eigenvalue weighted by Gasteiger charge is -2.10. The van der Waals surface area contributed by atoms with Crippen molar-refractivity contribution in [2.24, 2.45) is 0 Å². The minimum atomic E-state index is -3.48. The molecule has 0 spiro atoms. The molecule has 0 unspecified atom stereocenters. The molecule has 0 fully saturated rings. The number of hydrogen-bond donors (Lipinski definition) is 2. The monoisotopic (exact) mass is 409 g/mol. The van der Waals surface area contributed by atoms with Gasteiger partial charge in [-0.05, 0) is 32.0 Å². The van der Waals surface area contributed by atoms with Crippen LogP contribution < -0.4 is 10.0 Å². The number of para-hydroxylation sites is 1. The molecule has 2 heterocycles. The van der Waals surface area contributed by atoms with Crippen LogP contribution in [0.4, 0.5) is 14.7 Å². The number of rotatable bonds is 5. The fourth-order valence-corrected chi connectivity index (χ4v) is 4.10. The van der Waals surface area contributed by atoms with Gasteiger partial charge in [0, 0.05) is 11.4 Å². The number of benzene rings is 1. The molecule has 3 aromatic rings. The SMILES string of the molecule is Cc1cc(C(=O)Nc2nnc(NS(C)(=O)=O)s2)c(C)n1-c1ccccc1F. The van der Waals surface area contributed by atoms with Crippen molar-refractivity contribution in [1.82, 2.24) is 14.8 Å². The molecule has 0 aliphatic rings. The third kappa shape index (κ3) is 4.14. The molecule has 27 heavy (non-hydrogen) atoms. The van der Waals surface area contributed by atoms with E-state index in [1.165, 1.54) is 6.07 Å². The van der Waals surface area contributed by atoms with Crippen LogP contribution in [0.25, 0.3) is 5.69 Å². The van der Waals surface area contributed by atoms with E-state index < -0.39 is 21.7 Å². The summed E-state index contributed by atoms with van der Waals surface area (Å²) in [6, 6.07) is 7.94. The minimum absolute atomic E-state index is 0.0460. The van der Waals surface area contributed by atoms with Gasteiger partial charge in [0.1, 0.15) is 5.82 Å². The van der Waals surface area contributed by atoms with Gasteiger partial charge in [0.15, 0.2) is 0 Å². The van der Waals surface area contributed by atoms with Crippen LogP contribution in [-0.2, 0) is 10.0 Å². The first-order valence-corrected chi connectivity index (χ1v) is 10.4. The number of halogens is 1. The second-order valence-electron chi connectivity index (χ2n) is 5.81. The Hall–Kier alpha value is -2.79. The molecule has 0 aliphatic heterocycles. The van der Waals surface area contributed by atoms with Crippen LogP contribution in [-0.4, -0.2) is 35.3 Å². The van der Waals surface area contributed by atoms with Crippen molar-refractivity contribution in [3.8, 4) is 5.69 Å². The molecule has 0 atom stereocenters. The highest BCUT2D eigenvalue weighted by Crippen LogP contribution is 2.25. The summed E-state index contributed by atoms with van der Waals surface area (Å²) in [5.41, 5.74) is 1.96. The maximum atomic E-state index is 14.1. The van der Waals surface area contributed by atoms with Crippen LogP contribution >= 0.6 is 11.3 Å². The van der Waals surface area contributed by atoms with Gasteiger partial charge in [-0.25, -0.2) is 12.8 Å². The number of aromatic nitrogens is 3. The van der Waals surface area contributed by atoms with Gasteiger partial charge in [0.2, 0.25) is 20.3 Å². The molecule has 0 bridgehead atoms. The molecule has 0 radical (unpaired) electrons. The third-order valence-corrected chi connectivity index (χ3v) is 5.13. The highest BCUT2D eigenvalue weighted by Gasteiger charge is 2.19. The Bertz CT molecular complexity index is 1120.